The molecule has 1 fully saturated rings. The van der Waals surface area contributed by atoms with E-state index in [2.05, 4.69) is 58.7 Å². The first-order valence-corrected chi connectivity index (χ1v) is 9.68. The topological polar surface area (TPSA) is 35.6 Å². The Balaban J connectivity index is 1.36. The highest BCUT2D eigenvalue weighted by atomic mass is 16.2. The second-order valence-electron chi connectivity index (χ2n) is 7.35. The number of amides is 2. The van der Waals surface area contributed by atoms with Gasteiger partial charge in [0.15, 0.2) is 0 Å². The maximum Gasteiger partial charge on any atom is 0.317 e. The Hall–Kier alpha value is -2.33. The molecule has 2 aromatic carbocycles. The number of fused-ring (bicyclic) bond motifs is 1. The first-order valence-electron chi connectivity index (χ1n) is 9.68. The van der Waals surface area contributed by atoms with Crippen LogP contribution < -0.4 is 5.32 Å². The van der Waals surface area contributed by atoms with E-state index in [1.54, 1.807) is 0 Å². The van der Waals surface area contributed by atoms with Crippen LogP contribution in [0.25, 0.3) is 0 Å². The number of benzene rings is 2. The largest absolute Gasteiger partial charge is 0.334 e. The molecule has 0 aromatic heterocycles. The van der Waals surface area contributed by atoms with E-state index in [0.717, 1.165) is 19.5 Å². The molecule has 4 nitrogen and oxygen atoms in total. The van der Waals surface area contributed by atoms with Crippen LogP contribution in [-0.4, -0.2) is 35.5 Å². The maximum absolute atomic E-state index is 12.6. The molecule has 0 radical (unpaired) electrons. The third kappa shape index (κ3) is 3.91. The Bertz CT molecular complexity index is 767. The van der Waals surface area contributed by atoms with Gasteiger partial charge in [0.1, 0.15) is 0 Å². The van der Waals surface area contributed by atoms with Crippen LogP contribution in [0.3, 0.4) is 0 Å². The summed E-state index contributed by atoms with van der Waals surface area (Å²) in [7, 11) is 0. The van der Waals surface area contributed by atoms with Gasteiger partial charge >= 0.3 is 6.03 Å². The second-order valence-corrected chi connectivity index (χ2v) is 7.35. The van der Waals surface area contributed by atoms with Crippen molar-refractivity contribution in [3.8, 4) is 0 Å². The lowest BCUT2D eigenvalue weighted by atomic mass is 10.0. The van der Waals surface area contributed by atoms with Crippen LogP contribution in [0.5, 0.6) is 0 Å². The van der Waals surface area contributed by atoms with E-state index in [-0.39, 0.29) is 6.03 Å². The summed E-state index contributed by atoms with van der Waals surface area (Å²) in [6.45, 7) is 5.46. The van der Waals surface area contributed by atoms with Crippen molar-refractivity contribution in [1.29, 1.82) is 0 Å². The summed E-state index contributed by atoms with van der Waals surface area (Å²) in [5, 5.41) is 3.13. The summed E-state index contributed by atoms with van der Waals surface area (Å²) in [5.74, 6) is 0. The summed E-state index contributed by atoms with van der Waals surface area (Å²) >= 11 is 0. The molecule has 0 spiro atoms. The molecule has 0 aliphatic carbocycles. The Morgan fingerprint density at radius 2 is 1.58 bits per heavy atom. The standard InChI is InChI=1S/C22H27N3O/c26-22(25-14-11-18-7-1-3-10-21(18)17-25)23-15-19-8-2-4-9-20(19)16-24-12-5-6-13-24/h1-4,7-10H,5-6,11-17H2,(H,23,26). The summed E-state index contributed by atoms with van der Waals surface area (Å²) < 4.78 is 0. The molecule has 2 amide bonds. The molecule has 2 aliphatic rings. The third-order valence-corrected chi connectivity index (χ3v) is 5.56. The number of urea groups is 1. The van der Waals surface area contributed by atoms with Crippen LogP contribution >= 0.6 is 0 Å². The summed E-state index contributed by atoms with van der Waals surface area (Å²) in [6.07, 6.45) is 3.54. The minimum absolute atomic E-state index is 0.0375. The van der Waals surface area contributed by atoms with E-state index in [0.29, 0.717) is 13.1 Å². The number of nitrogens with zero attached hydrogens (tertiary/aromatic N) is 2. The average Bonchev–Trinajstić information content (AvgIpc) is 3.20. The maximum atomic E-state index is 12.6. The lowest BCUT2D eigenvalue weighted by Gasteiger charge is -2.29. The van der Waals surface area contributed by atoms with E-state index in [9.17, 15) is 4.79 Å². The molecule has 2 aromatic rings. The highest BCUT2D eigenvalue weighted by molar-refractivity contribution is 5.74. The Morgan fingerprint density at radius 1 is 0.885 bits per heavy atom. The number of hydrogen-bond acceptors (Lipinski definition) is 2. The molecule has 136 valence electrons. The van der Waals surface area contributed by atoms with Crippen molar-refractivity contribution >= 4 is 6.03 Å². The third-order valence-electron chi connectivity index (χ3n) is 5.56. The molecule has 26 heavy (non-hydrogen) atoms. The first kappa shape index (κ1) is 17.1. The fourth-order valence-electron chi connectivity index (χ4n) is 4.02. The van der Waals surface area contributed by atoms with Crippen molar-refractivity contribution in [2.24, 2.45) is 0 Å². The van der Waals surface area contributed by atoms with Crippen LogP contribution in [0.4, 0.5) is 4.79 Å². The van der Waals surface area contributed by atoms with Gasteiger partial charge in [0.25, 0.3) is 0 Å². The number of likely N-dealkylation sites (tertiary alicyclic amines) is 1. The predicted octanol–water partition coefficient (Wildman–Crippen LogP) is 3.55. The normalized spacial score (nSPS) is 17.2. The molecule has 1 saturated heterocycles. The van der Waals surface area contributed by atoms with Gasteiger partial charge in [0, 0.05) is 26.2 Å². The van der Waals surface area contributed by atoms with Gasteiger partial charge in [0.05, 0.1) is 0 Å². The highest BCUT2D eigenvalue weighted by Gasteiger charge is 2.20. The van der Waals surface area contributed by atoms with Crippen LogP contribution in [0.15, 0.2) is 48.5 Å². The molecule has 0 unspecified atom stereocenters. The molecule has 0 bridgehead atoms. The zero-order valence-electron chi connectivity index (χ0n) is 15.3. The molecular formula is C22H27N3O. The lowest BCUT2D eigenvalue weighted by Crippen LogP contribution is -2.42. The molecule has 4 heteroatoms. The van der Waals surface area contributed by atoms with Crippen molar-refractivity contribution in [1.82, 2.24) is 15.1 Å². The van der Waals surface area contributed by atoms with Gasteiger partial charge in [-0.25, -0.2) is 4.79 Å². The fraction of sp³-hybridized carbons (Fsp3) is 0.409. The van der Waals surface area contributed by atoms with Crippen molar-refractivity contribution in [2.45, 2.75) is 38.9 Å². The van der Waals surface area contributed by atoms with Crippen LogP contribution in [0.1, 0.15) is 35.1 Å². The number of rotatable bonds is 4. The van der Waals surface area contributed by atoms with Gasteiger partial charge in [-0.05, 0) is 54.6 Å². The molecule has 2 heterocycles. The van der Waals surface area contributed by atoms with Crippen LogP contribution in [0, 0.1) is 0 Å². The van der Waals surface area contributed by atoms with Crippen molar-refractivity contribution in [2.75, 3.05) is 19.6 Å². The van der Waals surface area contributed by atoms with Crippen LogP contribution in [0.2, 0.25) is 0 Å². The fourth-order valence-corrected chi connectivity index (χ4v) is 4.02. The number of carbonyl (C=O) groups is 1. The van der Waals surface area contributed by atoms with Gasteiger partial charge in [0.2, 0.25) is 0 Å². The second kappa shape index (κ2) is 7.92. The van der Waals surface area contributed by atoms with E-state index in [1.165, 1.54) is 48.2 Å². The monoisotopic (exact) mass is 349 g/mol. The van der Waals surface area contributed by atoms with Crippen molar-refractivity contribution in [3.05, 3.63) is 70.8 Å². The minimum Gasteiger partial charge on any atom is -0.334 e. The van der Waals surface area contributed by atoms with Crippen LogP contribution in [-0.2, 0) is 26.1 Å². The van der Waals surface area contributed by atoms with E-state index in [1.807, 2.05) is 4.90 Å². The molecule has 0 atom stereocenters. The van der Waals surface area contributed by atoms with Gasteiger partial charge in [-0.1, -0.05) is 48.5 Å². The molecule has 2 aliphatic heterocycles. The molecular weight excluding hydrogens is 322 g/mol. The Morgan fingerprint density at radius 3 is 2.38 bits per heavy atom. The summed E-state index contributed by atoms with van der Waals surface area (Å²) in [4.78, 5) is 17.1. The smallest absolute Gasteiger partial charge is 0.317 e. The molecule has 0 saturated carbocycles. The Kier molecular flexibility index (Phi) is 5.21. The Labute approximate surface area is 155 Å². The molecule has 4 rings (SSSR count). The van der Waals surface area contributed by atoms with Crippen molar-refractivity contribution in [3.63, 3.8) is 0 Å². The lowest BCUT2D eigenvalue weighted by molar-refractivity contribution is 0.192. The average molecular weight is 349 g/mol. The van der Waals surface area contributed by atoms with Gasteiger partial charge in [-0.15, -0.1) is 0 Å². The van der Waals surface area contributed by atoms with E-state index >= 15 is 0 Å². The van der Waals surface area contributed by atoms with E-state index in [4.69, 9.17) is 0 Å². The number of nitrogens with one attached hydrogen (secondary N) is 1. The predicted molar refractivity (Wildman–Crippen MR) is 104 cm³/mol. The zero-order chi connectivity index (χ0) is 17.8. The highest BCUT2D eigenvalue weighted by Crippen LogP contribution is 2.19. The van der Waals surface area contributed by atoms with Gasteiger partial charge < -0.3 is 10.2 Å². The summed E-state index contributed by atoms with van der Waals surface area (Å²) in [6, 6.07) is 16.9. The number of carbonyl (C=O) groups excluding carboxylic acids is 1. The van der Waals surface area contributed by atoms with Gasteiger partial charge in [-0.2, -0.15) is 0 Å². The molecule has 1 N–H and O–H groups in total. The summed E-state index contributed by atoms with van der Waals surface area (Å²) in [5.41, 5.74) is 5.19. The minimum atomic E-state index is 0.0375. The first-order chi connectivity index (χ1) is 12.8. The van der Waals surface area contributed by atoms with Crippen molar-refractivity contribution < 1.29 is 4.79 Å². The number of hydrogen-bond donors (Lipinski definition) is 1. The quantitative estimate of drug-likeness (QED) is 0.916. The SMILES string of the molecule is O=C(NCc1ccccc1CN1CCCC1)N1CCc2ccccc2C1. The zero-order valence-corrected chi connectivity index (χ0v) is 15.3. The van der Waals surface area contributed by atoms with E-state index < -0.39 is 0 Å². The van der Waals surface area contributed by atoms with Gasteiger partial charge in [-0.3, -0.25) is 4.90 Å².